The number of carboxylic acids is 1. The first kappa shape index (κ1) is 14.1. The summed E-state index contributed by atoms with van der Waals surface area (Å²) in [5.74, 6) is -0.494. The molecule has 1 saturated heterocycles. The Bertz CT molecular complexity index is 481. The molecule has 0 bridgehead atoms. The van der Waals surface area contributed by atoms with Crippen molar-refractivity contribution in [2.45, 2.75) is 19.4 Å². The quantitative estimate of drug-likeness (QED) is 0.841. The number of halogens is 1. The number of nitrogens with zero attached hydrogens (tertiary/aromatic N) is 3. The van der Waals surface area contributed by atoms with Crippen molar-refractivity contribution in [1.82, 2.24) is 9.88 Å². The van der Waals surface area contributed by atoms with Gasteiger partial charge in [-0.15, -0.1) is 0 Å². The molecule has 19 heavy (non-hydrogen) atoms. The SMILES string of the molecule is CC1CN(C)CCCN1c1nc(Cl)ccc1C(=O)O. The van der Waals surface area contributed by atoms with Gasteiger partial charge in [-0.05, 0) is 39.1 Å². The highest BCUT2D eigenvalue weighted by Crippen LogP contribution is 2.24. The van der Waals surface area contributed by atoms with E-state index in [-0.39, 0.29) is 11.6 Å². The average molecular weight is 284 g/mol. The molecule has 1 aromatic rings. The van der Waals surface area contributed by atoms with Gasteiger partial charge in [0.1, 0.15) is 16.5 Å². The van der Waals surface area contributed by atoms with Crippen LogP contribution in [0.25, 0.3) is 0 Å². The van der Waals surface area contributed by atoms with Crippen molar-refractivity contribution >= 4 is 23.4 Å². The van der Waals surface area contributed by atoms with Crippen molar-refractivity contribution in [3.8, 4) is 0 Å². The van der Waals surface area contributed by atoms with E-state index in [1.54, 1.807) is 0 Å². The predicted molar refractivity (Wildman–Crippen MR) is 75.1 cm³/mol. The van der Waals surface area contributed by atoms with Crippen LogP contribution >= 0.6 is 11.6 Å². The van der Waals surface area contributed by atoms with Gasteiger partial charge in [-0.25, -0.2) is 9.78 Å². The zero-order valence-electron chi connectivity index (χ0n) is 11.1. The number of likely N-dealkylation sites (N-methyl/N-ethyl adjacent to an activating group) is 1. The van der Waals surface area contributed by atoms with Gasteiger partial charge in [0.05, 0.1) is 0 Å². The first-order chi connectivity index (χ1) is 8.99. The highest BCUT2D eigenvalue weighted by Gasteiger charge is 2.25. The molecule has 1 aliphatic heterocycles. The molecule has 1 aromatic heterocycles. The molecule has 1 unspecified atom stereocenters. The molecule has 0 amide bonds. The zero-order chi connectivity index (χ0) is 14.0. The Morgan fingerprint density at radius 1 is 1.47 bits per heavy atom. The Morgan fingerprint density at radius 3 is 2.89 bits per heavy atom. The van der Waals surface area contributed by atoms with E-state index in [1.165, 1.54) is 12.1 Å². The summed E-state index contributed by atoms with van der Waals surface area (Å²) in [5, 5.41) is 9.60. The van der Waals surface area contributed by atoms with Crippen LogP contribution in [0.1, 0.15) is 23.7 Å². The molecular weight excluding hydrogens is 266 g/mol. The lowest BCUT2D eigenvalue weighted by Crippen LogP contribution is -2.39. The van der Waals surface area contributed by atoms with Gasteiger partial charge < -0.3 is 14.9 Å². The molecule has 104 valence electrons. The van der Waals surface area contributed by atoms with Gasteiger partial charge in [-0.1, -0.05) is 11.6 Å². The van der Waals surface area contributed by atoms with Crippen molar-refractivity contribution in [2.75, 3.05) is 31.6 Å². The van der Waals surface area contributed by atoms with Crippen molar-refractivity contribution in [3.05, 3.63) is 22.8 Å². The minimum absolute atomic E-state index is 0.205. The van der Waals surface area contributed by atoms with E-state index in [2.05, 4.69) is 23.9 Å². The first-order valence-electron chi connectivity index (χ1n) is 6.34. The van der Waals surface area contributed by atoms with E-state index in [1.807, 2.05) is 4.90 Å². The summed E-state index contributed by atoms with van der Waals surface area (Å²) < 4.78 is 0. The molecule has 0 radical (unpaired) electrons. The van der Waals surface area contributed by atoms with Crippen LogP contribution in [0.15, 0.2) is 12.1 Å². The molecule has 0 aromatic carbocycles. The van der Waals surface area contributed by atoms with Gasteiger partial charge in [0.15, 0.2) is 0 Å². The molecule has 2 rings (SSSR count). The second-order valence-electron chi connectivity index (χ2n) is 4.97. The summed E-state index contributed by atoms with van der Waals surface area (Å²) in [4.78, 5) is 19.8. The van der Waals surface area contributed by atoms with Gasteiger partial charge in [0.2, 0.25) is 0 Å². The van der Waals surface area contributed by atoms with Crippen molar-refractivity contribution in [2.24, 2.45) is 0 Å². The third kappa shape index (κ3) is 3.16. The summed E-state index contributed by atoms with van der Waals surface area (Å²) in [5.41, 5.74) is 0.209. The normalized spacial score (nSPS) is 21.2. The largest absolute Gasteiger partial charge is 0.478 e. The monoisotopic (exact) mass is 283 g/mol. The Balaban J connectivity index is 2.38. The Kier molecular flexibility index (Phi) is 4.27. The second kappa shape index (κ2) is 5.75. The minimum Gasteiger partial charge on any atom is -0.478 e. The fourth-order valence-electron chi connectivity index (χ4n) is 2.50. The zero-order valence-corrected chi connectivity index (χ0v) is 11.9. The van der Waals surface area contributed by atoms with Crippen LogP contribution in [0, 0.1) is 0 Å². The number of anilines is 1. The van der Waals surface area contributed by atoms with Gasteiger partial charge in [0.25, 0.3) is 0 Å². The van der Waals surface area contributed by atoms with E-state index < -0.39 is 5.97 Å². The van der Waals surface area contributed by atoms with Crippen LogP contribution in [0.3, 0.4) is 0 Å². The molecule has 0 spiro atoms. The molecule has 5 nitrogen and oxygen atoms in total. The molecule has 2 heterocycles. The number of aromatic carboxylic acids is 1. The Labute approximate surface area is 117 Å². The maximum absolute atomic E-state index is 11.3. The number of pyridine rings is 1. The number of carbonyl (C=O) groups is 1. The fourth-order valence-corrected chi connectivity index (χ4v) is 2.64. The topological polar surface area (TPSA) is 56.7 Å². The third-order valence-corrected chi connectivity index (χ3v) is 3.60. The molecule has 0 aliphatic carbocycles. The summed E-state index contributed by atoms with van der Waals surface area (Å²) in [6.45, 7) is 4.76. The summed E-state index contributed by atoms with van der Waals surface area (Å²) in [6, 6.07) is 3.24. The van der Waals surface area contributed by atoms with Crippen LogP contribution in [-0.2, 0) is 0 Å². The van der Waals surface area contributed by atoms with E-state index in [0.29, 0.717) is 11.0 Å². The maximum Gasteiger partial charge on any atom is 0.339 e. The lowest BCUT2D eigenvalue weighted by Gasteiger charge is -2.30. The molecular formula is C13H18ClN3O2. The number of carboxylic acid groups (broad SMARTS) is 1. The Hall–Kier alpha value is -1.33. The molecule has 6 heteroatoms. The standard InChI is InChI=1S/C13H18ClN3O2/c1-9-8-16(2)6-3-7-17(9)12-10(13(18)19)4-5-11(14)15-12/h4-5,9H,3,6-8H2,1-2H3,(H,18,19). The van der Waals surface area contributed by atoms with Crippen LogP contribution in [0.4, 0.5) is 5.82 Å². The van der Waals surface area contributed by atoms with Gasteiger partial charge >= 0.3 is 5.97 Å². The smallest absolute Gasteiger partial charge is 0.339 e. The number of hydrogen-bond donors (Lipinski definition) is 1. The second-order valence-corrected chi connectivity index (χ2v) is 5.36. The predicted octanol–water partition coefficient (Wildman–Crippen LogP) is 1.96. The minimum atomic E-state index is -0.969. The maximum atomic E-state index is 11.3. The van der Waals surface area contributed by atoms with Crippen molar-refractivity contribution in [3.63, 3.8) is 0 Å². The molecule has 1 N–H and O–H groups in total. The van der Waals surface area contributed by atoms with E-state index >= 15 is 0 Å². The average Bonchev–Trinajstić information content (AvgIpc) is 2.49. The van der Waals surface area contributed by atoms with Crippen LogP contribution in [-0.4, -0.2) is 53.7 Å². The lowest BCUT2D eigenvalue weighted by atomic mass is 10.2. The first-order valence-corrected chi connectivity index (χ1v) is 6.72. The molecule has 1 fully saturated rings. The summed E-state index contributed by atoms with van der Waals surface area (Å²) >= 11 is 5.92. The van der Waals surface area contributed by atoms with Gasteiger partial charge in [-0.3, -0.25) is 0 Å². The van der Waals surface area contributed by atoms with Crippen LogP contribution < -0.4 is 4.90 Å². The summed E-state index contributed by atoms with van der Waals surface area (Å²) in [6.07, 6.45) is 0.980. The van der Waals surface area contributed by atoms with E-state index in [9.17, 15) is 9.90 Å². The van der Waals surface area contributed by atoms with Gasteiger partial charge in [-0.2, -0.15) is 0 Å². The number of rotatable bonds is 2. The molecule has 0 saturated carbocycles. The molecule has 1 atom stereocenters. The number of aromatic nitrogens is 1. The highest BCUT2D eigenvalue weighted by molar-refractivity contribution is 6.29. The summed E-state index contributed by atoms with van der Waals surface area (Å²) in [7, 11) is 2.07. The Morgan fingerprint density at radius 2 is 2.21 bits per heavy atom. The fraction of sp³-hybridized carbons (Fsp3) is 0.538. The number of hydrogen-bond acceptors (Lipinski definition) is 4. The lowest BCUT2D eigenvalue weighted by molar-refractivity contribution is 0.0697. The third-order valence-electron chi connectivity index (χ3n) is 3.39. The van der Waals surface area contributed by atoms with E-state index in [4.69, 9.17) is 11.6 Å². The molecule has 1 aliphatic rings. The van der Waals surface area contributed by atoms with E-state index in [0.717, 1.165) is 26.1 Å². The van der Waals surface area contributed by atoms with Gasteiger partial charge in [0, 0.05) is 19.1 Å². The highest BCUT2D eigenvalue weighted by atomic mass is 35.5. The van der Waals surface area contributed by atoms with Crippen LogP contribution in [0.2, 0.25) is 5.15 Å². The van der Waals surface area contributed by atoms with Crippen LogP contribution in [0.5, 0.6) is 0 Å². The van der Waals surface area contributed by atoms with Crippen molar-refractivity contribution in [1.29, 1.82) is 0 Å². The van der Waals surface area contributed by atoms with Crippen molar-refractivity contribution < 1.29 is 9.90 Å².